The van der Waals surface area contributed by atoms with Gasteiger partial charge >= 0.3 is 0 Å². The van der Waals surface area contributed by atoms with Gasteiger partial charge in [0.2, 0.25) is 5.88 Å². The number of pyridine rings is 1. The highest BCUT2D eigenvalue weighted by atomic mass is 16.5. The molecule has 7 heteroatoms. The Morgan fingerprint density at radius 1 is 1.05 bits per heavy atom. The maximum absolute atomic E-state index is 8.78. The fraction of sp³-hybridized carbons (Fsp3) is 0. The number of benzene rings is 1. The first-order valence-corrected chi connectivity index (χ1v) is 6.10. The average Bonchev–Trinajstić information content (AvgIpc) is 2.55. The van der Waals surface area contributed by atoms with Crippen LogP contribution in [0.2, 0.25) is 0 Å². The molecule has 0 unspecified atom stereocenters. The van der Waals surface area contributed by atoms with Crippen molar-refractivity contribution < 1.29 is 9.94 Å². The number of hydrogen-bond acceptors (Lipinski definition) is 6. The van der Waals surface area contributed by atoms with E-state index in [1.165, 1.54) is 12.4 Å². The van der Waals surface area contributed by atoms with E-state index in [1.54, 1.807) is 12.3 Å². The van der Waals surface area contributed by atoms with E-state index in [0.717, 1.165) is 10.9 Å². The molecule has 0 aliphatic carbocycles. The largest absolute Gasteiger partial charge is 0.436 e. The van der Waals surface area contributed by atoms with E-state index >= 15 is 0 Å². The monoisotopic (exact) mass is 281 g/mol. The maximum atomic E-state index is 8.78. The smallest absolute Gasteiger partial charge is 0.249 e. The predicted octanol–water partition coefficient (Wildman–Crippen LogP) is 1.91. The van der Waals surface area contributed by atoms with Crippen LogP contribution in [0.1, 0.15) is 5.69 Å². The van der Waals surface area contributed by atoms with Crippen molar-refractivity contribution in [2.24, 2.45) is 10.9 Å². The zero-order valence-corrected chi connectivity index (χ0v) is 10.8. The molecule has 0 saturated heterocycles. The van der Waals surface area contributed by atoms with Crippen LogP contribution in [-0.4, -0.2) is 26.0 Å². The molecule has 2 aromatic heterocycles. The third kappa shape index (κ3) is 2.44. The molecule has 0 radical (unpaired) electrons. The van der Waals surface area contributed by atoms with Crippen molar-refractivity contribution in [2.75, 3.05) is 0 Å². The highest BCUT2D eigenvalue weighted by Gasteiger charge is 2.13. The lowest BCUT2D eigenvalue weighted by Gasteiger charge is -2.09. The van der Waals surface area contributed by atoms with Gasteiger partial charge in [0, 0.05) is 24.0 Å². The standard InChI is InChI=1S/C14H11N5O2/c15-13(19-20)12-14(18-8-7-17-12)21-11-5-1-4-10-9(11)3-2-6-16-10/h1-8,20H,(H2,15,19). The molecule has 0 amide bonds. The number of aromatic nitrogens is 3. The molecule has 0 aliphatic rings. The van der Waals surface area contributed by atoms with Gasteiger partial charge in [0.15, 0.2) is 11.5 Å². The molecule has 21 heavy (non-hydrogen) atoms. The van der Waals surface area contributed by atoms with Gasteiger partial charge in [-0.1, -0.05) is 11.2 Å². The number of nitrogens with two attached hydrogens (primary N) is 1. The van der Waals surface area contributed by atoms with Crippen LogP contribution in [0.15, 0.2) is 54.1 Å². The Morgan fingerprint density at radius 2 is 1.90 bits per heavy atom. The summed E-state index contributed by atoms with van der Waals surface area (Å²) >= 11 is 0. The van der Waals surface area contributed by atoms with Crippen molar-refractivity contribution in [3.63, 3.8) is 0 Å². The van der Waals surface area contributed by atoms with Crippen molar-refractivity contribution in [3.05, 3.63) is 54.6 Å². The van der Waals surface area contributed by atoms with Crippen LogP contribution in [-0.2, 0) is 0 Å². The first-order valence-electron chi connectivity index (χ1n) is 6.10. The van der Waals surface area contributed by atoms with Crippen molar-refractivity contribution in [3.8, 4) is 11.6 Å². The lowest BCUT2D eigenvalue weighted by atomic mass is 10.2. The Balaban J connectivity index is 2.08. The van der Waals surface area contributed by atoms with Crippen molar-refractivity contribution >= 4 is 16.7 Å². The molecular formula is C14H11N5O2. The molecule has 2 heterocycles. The number of oxime groups is 1. The van der Waals surface area contributed by atoms with Crippen LogP contribution < -0.4 is 10.5 Å². The van der Waals surface area contributed by atoms with E-state index in [4.69, 9.17) is 15.7 Å². The second-order valence-corrected chi connectivity index (χ2v) is 4.12. The van der Waals surface area contributed by atoms with Gasteiger partial charge in [-0.2, -0.15) is 0 Å². The molecule has 0 fully saturated rings. The molecule has 0 atom stereocenters. The fourth-order valence-electron chi connectivity index (χ4n) is 1.89. The molecule has 0 bridgehead atoms. The van der Waals surface area contributed by atoms with E-state index < -0.39 is 0 Å². The topological polar surface area (TPSA) is 107 Å². The summed E-state index contributed by atoms with van der Waals surface area (Å²) in [6, 6.07) is 9.19. The molecule has 104 valence electrons. The van der Waals surface area contributed by atoms with Gasteiger partial charge in [-0.15, -0.1) is 0 Å². The highest BCUT2D eigenvalue weighted by molar-refractivity contribution is 5.97. The highest BCUT2D eigenvalue weighted by Crippen LogP contribution is 2.28. The second-order valence-electron chi connectivity index (χ2n) is 4.12. The Morgan fingerprint density at radius 3 is 2.76 bits per heavy atom. The van der Waals surface area contributed by atoms with E-state index in [0.29, 0.717) is 5.75 Å². The van der Waals surface area contributed by atoms with E-state index in [9.17, 15) is 0 Å². The average molecular weight is 281 g/mol. The van der Waals surface area contributed by atoms with Crippen molar-refractivity contribution in [2.45, 2.75) is 0 Å². The van der Waals surface area contributed by atoms with Gasteiger partial charge in [0.25, 0.3) is 0 Å². The van der Waals surface area contributed by atoms with Crippen LogP contribution in [0.5, 0.6) is 11.6 Å². The Labute approximate surface area is 119 Å². The zero-order chi connectivity index (χ0) is 14.7. The van der Waals surface area contributed by atoms with Crippen LogP contribution >= 0.6 is 0 Å². The van der Waals surface area contributed by atoms with Crippen LogP contribution in [0.25, 0.3) is 10.9 Å². The zero-order valence-electron chi connectivity index (χ0n) is 10.8. The van der Waals surface area contributed by atoms with Gasteiger partial charge in [0.1, 0.15) is 5.75 Å². The van der Waals surface area contributed by atoms with Crippen LogP contribution in [0, 0.1) is 0 Å². The minimum absolute atomic E-state index is 0.157. The summed E-state index contributed by atoms with van der Waals surface area (Å²) in [6.45, 7) is 0. The number of ether oxygens (including phenoxy) is 1. The summed E-state index contributed by atoms with van der Waals surface area (Å²) in [7, 11) is 0. The summed E-state index contributed by atoms with van der Waals surface area (Å²) in [6.07, 6.45) is 4.61. The molecule has 3 N–H and O–H groups in total. The number of hydrogen-bond donors (Lipinski definition) is 2. The van der Waals surface area contributed by atoms with Gasteiger partial charge in [-0.05, 0) is 24.3 Å². The van der Waals surface area contributed by atoms with Gasteiger partial charge < -0.3 is 15.7 Å². The van der Waals surface area contributed by atoms with Gasteiger partial charge in [0.05, 0.1) is 5.52 Å². The molecule has 0 spiro atoms. The summed E-state index contributed by atoms with van der Waals surface area (Å²) in [5.74, 6) is 0.550. The first kappa shape index (κ1) is 12.8. The molecular weight excluding hydrogens is 270 g/mol. The minimum Gasteiger partial charge on any atom is -0.436 e. The summed E-state index contributed by atoms with van der Waals surface area (Å²) in [5, 5.41) is 12.5. The molecule has 3 aromatic rings. The normalized spacial score (nSPS) is 11.5. The lowest BCUT2D eigenvalue weighted by molar-refractivity contribution is 0.318. The van der Waals surface area contributed by atoms with Crippen LogP contribution in [0.3, 0.4) is 0 Å². The third-order valence-electron chi connectivity index (χ3n) is 2.83. The Hall–Kier alpha value is -3.22. The third-order valence-corrected chi connectivity index (χ3v) is 2.83. The second kappa shape index (κ2) is 5.41. The number of amidine groups is 1. The molecule has 7 nitrogen and oxygen atoms in total. The number of fused-ring (bicyclic) bond motifs is 1. The lowest BCUT2D eigenvalue weighted by Crippen LogP contribution is -2.16. The molecule has 0 saturated carbocycles. The number of rotatable bonds is 3. The van der Waals surface area contributed by atoms with Gasteiger partial charge in [-0.25, -0.2) is 9.97 Å². The Bertz CT molecular complexity index is 814. The van der Waals surface area contributed by atoms with E-state index in [-0.39, 0.29) is 17.4 Å². The minimum atomic E-state index is -0.170. The first-order chi connectivity index (χ1) is 10.3. The number of nitrogens with zero attached hydrogens (tertiary/aromatic N) is 4. The fourth-order valence-corrected chi connectivity index (χ4v) is 1.89. The van der Waals surface area contributed by atoms with Crippen LogP contribution in [0.4, 0.5) is 0 Å². The maximum Gasteiger partial charge on any atom is 0.249 e. The predicted molar refractivity (Wildman–Crippen MR) is 76.4 cm³/mol. The van der Waals surface area contributed by atoms with Gasteiger partial charge in [-0.3, -0.25) is 4.98 Å². The summed E-state index contributed by atoms with van der Waals surface area (Å²) in [5.41, 5.74) is 6.53. The van der Waals surface area contributed by atoms with Crippen molar-refractivity contribution in [1.29, 1.82) is 0 Å². The summed E-state index contributed by atoms with van der Waals surface area (Å²) in [4.78, 5) is 12.3. The Kier molecular flexibility index (Phi) is 3.30. The van der Waals surface area contributed by atoms with E-state index in [1.807, 2.05) is 24.3 Å². The summed E-state index contributed by atoms with van der Waals surface area (Å²) < 4.78 is 5.76. The quantitative estimate of drug-likeness (QED) is 0.329. The molecule has 0 aliphatic heterocycles. The van der Waals surface area contributed by atoms with E-state index in [2.05, 4.69) is 20.1 Å². The molecule has 1 aromatic carbocycles. The SMILES string of the molecule is N/C(=N/O)c1nccnc1Oc1cccc2ncccc12. The van der Waals surface area contributed by atoms with Crippen molar-refractivity contribution in [1.82, 2.24) is 15.0 Å². The molecule has 3 rings (SSSR count).